The first-order valence-corrected chi connectivity index (χ1v) is 8.17. The number of hydrogen-bond acceptors (Lipinski definition) is 2. The molecule has 1 saturated carbocycles. The molecular weight excluding hydrogens is 288 g/mol. The summed E-state index contributed by atoms with van der Waals surface area (Å²) < 4.78 is 1.87. The molecule has 5 heteroatoms. The summed E-state index contributed by atoms with van der Waals surface area (Å²) in [6, 6.07) is 1.68. The van der Waals surface area contributed by atoms with Crippen molar-refractivity contribution in [2.24, 2.45) is 5.92 Å². The molecule has 0 aromatic carbocycles. The van der Waals surface area contributed by atoms with Crippen molar-refractivity contribution in [1.29, 1.82) is 0 Å². The minimum absolute atomic E-state index is 0.165. The average molecular weight is 313 g/mol. The second kappa shape index (κ2) is 6.84. The molecule has 0 aliphatic heterocycles. The highest BCUT2D eigenvalue weighted by molar-refractivity contribution is 6.31. The summed E-state index contributed by atoms with van der Waals surface area (Å²) in [5, 5.41) is 14.0. The lowest BCUT2D eigenvalue weighted by Crippen LogP contribution is -2.46. The Morgan fingerprint density at radius 1 is 1.62 bits per heavy atom. The summed E-state index contributed by atoms with van der Waals surface area (Å²) in [6.07, 6.45) is 6.40. The number of nitrogens with zero attached hydrogens (tertiary/aromatic N) is 1. The van der Waals surface area contributed by atoms with Crippen molar-refractivity contribution in [3.05, 3.63) is 23.0 Å². The first kappa shape index (κ1) is 16.4. The number of aromatic nitrogens is 1. The normalized spacial score (nSPS) is 25.8. The molecule has 1 aliphatic rings. The van der Waals surface area contributed by atoms with Crippen LogP contribution in [-0.4, -0.2) is 27.7 Å². The zero-order valence-corrected chi connectivity index (χ0v) is 13.6. The van der Waals surface area contributed by atoms with Crippen molar-refractivity contribution in [3.63, 3.8) is 0 Å². The molecule has 4 nitrogen and oxygen atoms in total. The van der Waals surface area contributed by atoms with Crippen LogP contribution in [0.5, 0.6) is 0 Å². The molecule has 2 N–H and O–H groups in total. The van der Waals surface area contributed by atoms with Gasteiger partial charge in [0.15, 0.2) is 0 Å². The molecule has 2 atom stereocenters. The van der Waals surface area contributed by atoms with Crippen LogP contribution in [0.2, 0.25) is 5.02 Å². The van der Waals surface area contributed by atoms with Crippen molar-refractivity contribution < 1.29 is 9.90 Å². The third kappa shape index (κ3) is 4.24. The molecule has 0 saturated heterocycles. The third-order valence-corrected chi connectivity index (χ3v) is 4.41. The van der Waals surface area contributed by atoms with Gasteiger partial charge in [0.25, 0.3) is 5.91 Å². The first-order chi connectivity index (χ1) is 9.93. The minimum Gasteiger partial charge on any atom is -0.388 e. The SMILES string of the molecule is CCCn1cc(Cl)cc1C(=O)NCC1(O)CCCC(C)C1. The van der Waals surface area contributed by atoms with Gasteiger partial charge in [-0.1, -0.05) is 38.3 Å². The molecule has 1 aromatic rings. The molecule has 2 rings (SSSR count). The molecule has 21 heavy (non-hydrogen) atoms. The van der Waals surface area contributed by atoms with Gasteiger partial charge in [0.2, 0.25) is 0 Å². The van der Waals surface area contributed by atoms with E-state index in [1.54, 1.807) is 12.3 Å². The van der Waals surface area contributed by atoms with E-state index in [4.69, 9.17) is 11.6 Å². The Morgan fingerprint density at radius 3 is 3.05 bits per heavy atom. The Hall–Kier alpha value is -1.00. The summed E-state index contributed by atoms with van der Waals surface area (Å²) in [5.74, 6) is 0.348. The molecule has 0 bridgehead atoms. The predicted octanol–water partition coefficient (Wildman–Crippen LogP) is 3.22. The first-order valence-electron chi connectivity index (χ1n) is 7.80. The van der Waals surface area contributed by atoms with Crippen LogP contribution in [0.1, 0.15) is 56.4 Å². The van der Waals surface area contributed by atoms with Crippen molar-refractivity contribution >= 4 is 17.5 Å². The van der Waals surface area contributed by atoms with E-state index in [1.165, 1.54) is 0 Å². The highest BCUT2D eigenvalue weighted by Gasteiger charge is 2.33. The number of rotatable bonds is 5. The number of carbonyl (C=O) groups is 1. The fourth-order valence-corrected chi connectivity index (χ4v) is 3.44. The van der Waals surface area contributed by atoms with E-state index in [0.29, 0.717) is 23.2 Å². The molecule has 1 amide bonds. The number of nitrogens with one attached hydrogen (secondary N) is 1. The van der Waals surface area contributed by atoms with E-state index in [9.17, 15) is 9.90 Å². The van der Waals surface area contributed by atoms with Gasteiger partial charge in [-0.15, -0.1) is 0 Å². The maximum atomic E-state index is 12.3. The van der Waals surface area contributed by atoms with Gasteiger partial charge in [-0.05, 0) is 31.2 Å². The Kier molecular flexibility index (Phi) is 5.33. The van der Waals surface area contributed by atoms with E-state index >= 15 is 0 Å². The van der Waals surface area contributed by atoms with Crippen LogP contribution in [0.4, 0.5) is 0 Å². The predicted molar refractivity (Wildman–Crippen MR) is 84.6 cm³/mol. The number of carbonyl (C=O) groups excluding carboxylic acids is 1. The van der Waals surface area contributed by atoms with E-state index in [1.807, 2.05) is 4.57 Å². The molecule has 1 aromatic heterocycles. The topological polar surface area (TPSA) is 54.3 Å². The molecule has 2 unspecified atom stereocenters. The second-order valence-electron chi connectivity index (χ2n) is 6.35. The van der Waals surface area contributed by atoms with E-state index < -0.39 is 5.60 Å². The van der Waals surface area contributed by atoms with Crippen molar-refractivity contribution in [1.82, 2.24) is 9.88 Å². The Labute approximate surface area is 131 Å². The van der Waals surface area contributed by atoms with E-state index in [2.05, 4.69) is 19.2 Å². The smallest absolute Gasteiger partial charge is 0.268 e. The van der Waals surface area contributed by atoms with Gasteiger partial charge in [0.1, 0.15) is 5.69 Å². The lowest BCUT2D eigenvalue weighted by molar-refractivity contribution is -0.0110. The maximum absolute atomic E-state index is 12.3. The van der Waals surface area contributed by atoms with Crippen LogP contribution >= 0.6 is 11.6 Å². The summed E-state index contributed by atoms with van der Waals surface area (Å²) in [5.41, 5.74) is -0.200. The van der Waals surface area contributed by atoms with Gasteiger partial charge in [-0.2, -0.15) is 0 Å². The highest BCUT2D eigenvalue weighted by Crippen LogP contribution is 2.31. The molecule has 0 spiro atoms. The average Bonchev–Trinajstić information content (AvgIpc) is 2.77. The molecule has 118 valence electrons. The van der Waals surface area contributed by atoms with Gasteiger partial charge in [0, 0.05) is 19.3 Å². The maximum Gasteiger partial charge on any atom is 0.268 e. The fourth-order valence-electron chi connectivity index (χ4n) is 3.22. The second-order valence-corrected chi connectivity index (χ2v) is 6.78. The number of halogens is 1. The van der Waals surface area contributed by atoms with Crippen molar-refractivity contribution in [2.45, 2.75) is 58.1 Å². The lowest BCUT2D eigenvalue weighted by Gasteiger charge is -2.35. The van der Waals surface area contributed by atoms with Gasteiger partial charge in [-0.3, -0.25) is 4.79 Å². The van der Waals surface area contributed by atoms with Gasteiger partial charge in [-0.25, -0.2) is 0 Å². The molecule has 1 aliphatic carbocycles. The zero-order valence-electron chi connectivity index (χ0n) is 12.9. The molecule has 1 fully saturated rings. The van der Waals surface area contributed by atoms with Crippen LogP contribution in [0.25, 0.3) is 0 Å². The van der Waals surface area contributed by atoms with Crippen molar-refractivity contribution in [2.75, 3.05) is 6.54 Å². The number of aryl methyl sites for hydroxylation is 1. The van der Waals surface area contributed by atoms with Gasteiger partial charge in [0.05, 0.1) is 10.6 Å². The number of hydrogen-bond donors (Lipinski definition) is 2. The minimum atomic E-state index is -0.765. The molecule has 0 radical (unpaired) electrons. The van der Waals surface area contributed by atoms with E-state index in [-0.39, 0.29) is 5.91 Å². The van der Waals surface area contributed by atoms with Crippen LogP contribution in [0, 0.1) is 5.92 Å². The summed E-state index contributed by atoms with van der Waals surface area (Å²) >= 11 is 5.99. The Bertz CT molecular complexity index is 500. The fraction of sp³-hybridized carbons (Fsp3) is 0.688. The zero-order chi connectivity index (χ0) is 15.5. The molecular formula is C16H25ClN2O2. The summed E-state index contributed by atoms with van der Waals surface area (Å²) in [7, 11) is 0. The summed E-state index contributed by atoms with van der Waals surface area (Å²) in [4.78, 5) is 12.3. The van der Waals surface area contributed by atoms with Gasteiger partial charge < -0.3 is 15.0 Å². The van der Waals surface area contributed by atoms with Crippen LogP contribution in [-0.2, 0) is 6.54 Å². The Balaban J connectivity index is 1.98. The largest absolute Gasteiger partial charge is 0.388 e. The Morgan fingerprint density at radius 2 is 2.38 bits per heavy atom. The van der Waals surface area contributed by atoms with Crippen LogP contribution in [0.15, 0.2) is 12.3 Å². The number of amides is 1. The highest BCUT2D eigenvalue weighted by atomic mass is 35.5. The summed E-state index contributed by atoms with van der Waals surface area (Å²) in [6.45, 7) is 5.28. The standard InChI is InChI=1S/C16H25ClN2O2/c1-3-7-19-10-13(17)8-14(19)15(20)18-11-16(21)6-4-5-12(2)9-16/h8,10,12,21H,3-7,9,11H2,1-2H3,(H,18,20). The van der Waals surface area contributed by atoms with Crippen LogP contribution in [0.3, 0.4) is 0 Å². The third-order valence-electron chi connectivity index (χ3n) is 4.21. The van der Waals surface area contributed by atoms with E-state index in [0.717, 1.165) is 38.6 Å². The number of aliphatic hydroxyl groups is 1. The van der Waals surface area contributed by atoms with Crippen molar-refractivity contribution in [3.8, 4) is 0 Å². The van der Waals surface area contributed by atoms with Crippen LogP contribution < -0.4 is 5.32 Å². The monoisotopic (exact) mass is 312 g/mol. The quantitative estimate of drug-likeness (QED) is 0.877. The van der Waals surface area contributed by atoms with Gasteiger partial charge >= 0.3 is 0 Å². The molecule has 1 heterocycles. The lowest BCUT2D eigenvalue weighted by atomic mass is 9.79.